The Hall–Kier alpha value is -1.80. The highest BCUT2D eigenvalue weighted by Crippen LogP contribution is 2.37. The molecule has 1 aliphatic heterocycles. The van der Waals surface area contributed by atoms with Crippen LogP contribution in [0, 0.1) is 0 Å². The standard InChI is InChI=1S/C21H14BrNO2S3/c1-27-17-4-2-3-15(11-17)23-20(24)19(28-21(23)26)12-16-9-10-18(25-16)13-5-7-14(22)8-6-13/h2-12H,1H3/b19-12+. The topological polar surface area (TPSA) is 33.5 Å². The van der Waals surface area contributed by atoms with Gasteiger partial charge in [-0.15, -0.1) is 11.8 Å². The van der Waals surface area contributed by atoms with Crippen molar-refractivity contribution in [3.8, 4) is 11.3 Å². The molecule has 3 nitrogen and oxygen atoms in total. The molecule has 1 fully saturated rings. The third-order valence-electron chi connectivity index (χ3n) is 4.13. The van der Waals surface area contributed by atoms with Crippen molar-refractivity contribution in [2.75, 3.05) is 11.2 Å². The summed E-state index contributed by atoms with van der Waals surface area (Å²) in [5, 5.41) is 0. The fraction of sp³-hybridized carbons (Fsp3) is 0.0476. The summed E-state index contributed by atoms with van der Waals surface area (Å²) in [4.78, 5) is 16.1. The van der Waals surface area contributed by atoms with Crippen LogP contribution in [0.2, 0.25) is 0 Å². The second kappa shape index (κ2) is 8.29. The van der Waals surface area contributed by atoms with Crippen LogP contribution in [0.3, 0.4) is 0 Å². The van der Waals surface area contributed by atoms with Gasteiger partial charge in [0.2, 0.25) is 0 Å². The molecular formula is C21H14BrNO2S3. The number of anilines is 1. The minimum Gasteiger partial charge on any atom is -0.457 e. The molecule has 0 saturated carbocycles. The van der Waals surface area contributed by atoms with E-state index < -0.39 is 0 Å². The second-order valence-corrected chi connectivity index (χ2v) is 9.40. The number of rotatable bonds is 4. The lowest BCUT2D eigenvalue weighted by Gasteiger charge is -2.15. The quantitative estimate of drug-likeness (QED) is 0.228. The highest BCUT2D eigenvalue weighted by molar-refractivity contribution is 9.10. The van der Waals surface area contributed by atoms with Crippen molar-refractivity contribution in [2.45, 2.75) is 4.90 Å². The minimum atomic E-state index is -0.130. The molecule has 0 N–H and O–H groups in total. The van der Waals surface area contributed by atoms with Gasteiger partial charge in [-0.3, -0.25) is 9.69 Å². The van der Waals surface area contributed by atoms with Crippen LogP contribution < -0.4 is 4.90 Å². The van der Waals surface area contributed by atoms with Gasteiger partial charge in [-0.05, 0) is 48.7 Å². The van der Waals surface area contributed by atoms with E-state index in [1.807, 2.05) is 66.9 Å². The van der Waals surface area contributed by atoms with E-state index in [4.69, 9.17) is 16.6 Å². The highest BCUT2D eigenvalue weighted by atomic mass is 79.9. The van der Waals surface area contributed by atoms with Crippen molar-refractivity contribution in [1.29, 1.82) is 0 Å². The predicted octanol–water partition coefficient (Wildman–Crippen LogP) is 6.84. The molecule has 0 radical (unpaired) electrons. The number of carbonyl (C=O) groups excluding carboxylic acids is 1. The van der Waals surface area contributed by atoms with E-state index in [9.17, 15) is 4.79 Å². The lowest BCUT2D eigenvalue weighted by atomic mass is 10.2. The molecule has 0 aliphatic carbocycles. The Morgan fingerprint density at radius 2 is 1.93 bits per heavy atom. The van der Waals surface area contributed by atoms with E-state index in [2.05, 4.69) is 15.9 Å². The largest absolute Gasteiger partial charge is 0.457 e. The molecule has 140 valence electrons. The van der Waals surface area contributed by atoms with Crippen molar-refractivity contribution in [3.63, 3.8) is 0 Å². The van der Waals surface area contributed by atoms with Gasteiger partial charge in [0.25, 0.3) is 5.91 Å². The first-order valence-corrected chi connectivity index (χ1v) is 11.6. The maximum Gasteiger partial charge on any atom is 0.270 e. The third-order valence-corrected chi connectivity index (χ3v) is 6.69. The average molecular weight is 488 g/mol. The van der Waals surface area contributed by atoms with Gasteiger partial charge in [0.15, 0.2) is 4.32 Å². The van der Waals surface area contributed by atoms with Crippen molar-refractivity contribution in [2.24, 2.45) is 0 Å². The molecule has 1 aliphatic rings. The Bertz CT molecular complexity index is 1090. The van der Waals surface area contributed by atoms with Gasteiger partial charge >= 0.3 is 0 Å². The van der Waals surface area contributed by atoms with Gasteiger partial charge in [0.05, 0.1) is 10.6 Å². The van der Waals surface area contributed by atoms with Gasteiger partial charge in [0, 0.05) is 21.0 Å². The molecule has 3 aromatic rings. The summed E-state index contributed by atoms with van der Waals surface area (Å²) in [5.41, 5.74) is 1.76. The fourth-order valence-corrected chi connectivity index (χ4v) is 4.77. The lowest BCUT2D eigenvalue weighted by molar-refractivity contribution is -0.113. The molecule has 7 heteroatoms. The first kappa shape index (κ1) is 19.5. The molecule has 1 amide bonds. The summed E-state index contributed by atoms with van der Waals surface area (Å²) in [5.74, 6) is 1.24. The second-order valence-electron chi connectivity index (χ2n) is 5.93. The van der Waals surface area contributed by atoms with Crippen LogP contribution in [-0.4, -0.2) is 16.5 Å². The van der Waals surface area contributed by atoms with E-state index in [1.54, 1.807) is 22.7 Å². The van der Waals surface area contributed by atoms with E-state index in [0.29, 0.717) is 15.0 Å². The zero-order valence-electron chi connectivity index (χ0n) is 14.7. The molecule has 0 atom stereocenters. The highest BCUT2D eigenvalue weighted by Gasteiger charge is 2.33. The first-order valence-electron chi connectivity index (χ1n) is 8.33. The molecule has 0 bridgehead atoms. The molecular weight excluding hydrogens is 474 g/mol. The summed E-state index contributed by atoms with van der Waals surface area (Å²) >= 11 is 11.8. The number of amides is 1. The number of thioether (sulfide) groups is 2. The number of thiocarbonyl (C=S) groups is 1. The van der Waals surface area contributed by atoms with Crippen LogP contribution in [0.1, 0.15) is 5.76 Å². The molecule has 0 unspecified atom stereocenters. The van der Waals surface area contributed by atoms with Crippen LogP contribution in [0.5, 0.6) is 0 Å². The number of carbonyl (C=O) groups is 1. The molecule has 28 heavy (non-hydrogen) atoms. The summed E-state index contributed by atoms with van der Waals surface area (Å²) < 4.78 is 7.44. The fourth-order valence-electron chi connectivity index (χ4n) is 2.77. The summed E-state index contributed by atoms with van der Waals surface area (Å²) in [6.07, 6.45) is 3.75. The first-order chi connectivity index (χ1) is 13.5. The molecule has 4 rings (SSSR count). The van der Waals surface area contributed by atoms with Gasteiger partial charge < -0.3 is 4.42 Å². The monoisotopic (exact) mass is 487 g/mol. The molecule has 0 spiro atoms. The molecule has 2 heterocycles. The van der Waals surface area contributed by atoms with Crippen LogP contribution in [0.25, 0.3) is 17.4 Å². The van der Waals surface area contributed by atoms with Crippen molar-refractivity contribution >= 4 is 73.7 Å². The Morgan fingerprint density at radius 3 is 2.68 bits per heavy atom. The Labute approximate surface area is 185 Å². The Morgan fingerprint density at radius 1 is 1.14 bits per heavy atom. The van der Waals surface area contributed by atoms with Crippen LogP contribution >= 0.6 is 51.7 Å². The number of furan rings is 1. The van der Waals surface area contributed by atoms with Crippen molar-refractivity contribution in [1.82, 2.24) is 0 Å². The zero-order valence-corrected chi connectivity index (χ0v) is 18.8. The number of halogens is 1. The number of hydrogen-bond donors (Lipinski definition) is 0. The maximum atomic E-state index is 12.9. The van der Waals surface area contributed by atoms with Crippen LogP contribution in [-0.2, 0) is 4.79 Å². The predicted molar refractivity (Wildman–Crippen MR) is 126 cm³/mol. The van der Waals surface area contributed by atoms with Crippen molar-refractivity contribution < 1.29 is 9.21 Å². The van der Waals surface area contributed by atoms with Gasteiger partial charge in [-0.1, -0.05) is 58.1 Å². The molecule has 2 aromatic carbocycles. The van der Waals surface area contributed by atoms with E-state index in [1.165, 1.54) is 11.8 Å². The maximum absolute atomic E-state index is 12.9. The summed E-state index contributed by atoms with van der Waals surface area (Å²) in [6, 6.07) is 19.4. The SMILES string of the molecule is CSc1cccc(N2C(=O)/C(=C\c3ccc(-c4ccc(Br)cc4)o3)SC2=S)c1. The van der Waals surface area contributed by atoms with Gasteiger partial charge in [-0.25, -0.2) is 0 Å². The number of hydrogen-bond acceptors (Lipinski definition) is 5. The van der Waals surface area contributed by atoms with E-state index >= 15 is 0 Å². The molecule has 1 aromatic heterocycles. The van der Waals surface area contributed by atoms with E-state index in [0.717, 1.165) is 26.4 Å². The normalized spacial score (nSPS) is 15.6. The third kappa shape index (κ3) is 3.98. The van der Waals surface area contributed by atoms with Gasteiger partial charge in [0.1, 0.15) is 11.5 Å². The van der Waals surface area contributed by atoms with Crippen molar-refractivity contribution in [3.05, 3.63) is 75.8 Å². The van der Waals surface area contributed by atoms with E-state index in [-0.39, 0.29) is 5.91 Å². The average Bonchev–Trinajstić information content (AvgIpc) is 3.27. The minimum absolute atomic E-state index is 0.130. The Balaban J connectivity index is 1.60. The van der Waals surface area contributed by atoms with Crippen LogP contribution in [0.4, 0.5) is 5.69 Å². The smallest absolute Gasteiger partial charge is 0.270 e. The summed E-state index contributed by atoms with van der Waals surface area (Å²) in [7, 11) is 0. The Kier molecular flexibility index (Phi) is 5.78. The number of nitrogens with zero attached hydrogens (tertiary/aromatic N) is 1. The van der Waals surface area contributed by atoms with Crippen LogP contribution in [0.15, 0.2) is 79.4 Å². The van der Waals surface area contributed by atoms with Gasteiger partial charge in [-0.2, -0.15) is 0 Å². The molecule has 1 saturated heterocycles. The lowest BCUT2D eigenvalue weighted by Crippen LogP contribution is -2.27. The number of benzene rings is 2. The zero-order chi connectivity index (χ0) is 19.7. The summed E-state index contributed by atoms with van der Waals surface area (Å²) in [6.45, 7) is 0.